The molecule has 1 saturated heterocycles. The fourth-order valence-electron chi connectivity index (χ4n) is 2.93. The molecule has 0 unspecified atom stereocenters. The van der Waals surface area contributed by atoms with E-state index in [1.54, 1.807) is 6.26 Å². The number of nitrogens with one attached hydrogen (secondary N) is 1. The minimum absolute atomic E-state index is 0. The van der Waals surface area contributed by atoms with Gasteiger partial charge in [-0.3, -0.25) is 4.90 Å². The summed E-state index contributed by atoms with van der Waals surface area (Å²) in [5.74, 6) is 2.31. The minimum Gasteiger partial charge on any atom is -0.461 e. The first-order valence-corrected chi connectivity index (χ1v) is 7.71. The van der Waals surface area contributed by atoms with Crippen molar-refractivity contribution in [1.82, 2.24) is 15.4 Å². The number of aromatic nitrogens is 1. The van der Waals surface area contributed by atoms with Crippen molar-refractivity contribution in [1.29, 1.82) is 0 Å². The van der Waals surface area contributed by atoms with E-state index in [1.807, 2.05) is 25.2 Å². The van der Waals surface area contributed by atoms with Gasteiger partial charge in [-0.2, -0.15) is 0 Å². The first kappa shape index (κ1) is 17.1. The van der Waals surface area contributed by atoms with Crippen LogP contribution in [0.5, 0.6) is 0 Å². The van der Waals surface area contributed by atoms with Crippen LogP contribution in [0, 0.1) is 5.92 Å². The highest BCUT2D eigenvalue weighted by Crippen LogP contribution is 2.24. The summed E-state index contributed by atoms with van der Waals surface area (Å²) in [7, 11) is 2.02. The van der Waals surface area contributed by atoms with Crippen molar-refractivity contribution in [3.05, 3.63) is 30.2 Å². The van der Waals surface area contributed by atoms with Gasteiger partial charge in [0.2, 0.25) is 5.76 Å². The van der Waals surface area contributed by atoms with Crippen molar-refractivity contribution in [2.24, 2.45) is 5.92 Å². The van der Waals surface area contributed by atoms with Gasteiger partial charge >= 0.3 is 0 Å². The van der Waals surface area contributed by atoms with E-state index >= 15 is 0 Å². The zero-order valence-electron chi connectivity index (χ0n) is 13.0. The first-order chi connectivity index (χ1) is 10.3. The number of nitrogens with zero attached hydrogens (tertiary/aromatic N) is 2. The van der Waals surface area contributed by atoms with E-state index in [-0.39, 0.29) is 12.4 Å². The second kappa shape index (κ2) is 8.36. The van der Waals surface area contributed by atoms with E-state index in [0.717, 1.165) is 43.6 Å². The molecule has 2 aromatic heterocycles. The third-order valence-electron chi connectivity index (χ3n) is 4.22. The monoisotopic (exact) mass is 325 g/mol. The van der Waals surface area contributed by atoms with Gasteiger partial charge in [-0.25, -0.2) is 0 Å². The number of likely N-dealkylation sites (tertiary alicyclic amines) is 1. The first-order valence-electron chi connectivity index (χ1n) is 7.71. The Hall–Kier alpha value is -1.30. The zero-order chi connectivity index (χ0) is 14.5. The molecule has 22 heavy (non-hydrogen) atoms. The highest BCUT2D eigenvalue weighted by molar-refractivity contribution is 5.85. The number of rotatable bonds is 6. The average molecular weight is 326 g/mol. The molecule has 0 aliphatic carbocycles. The Morgan fingerprint density at radius 2 is 2.14 bits per heavy atom. The average Bonchev–Trinajstić information content (AvgIpc) is 3.17. The Bertz CT molecular complexity index is 533. The van der Waals surface area contributed by atoms with Crippen LogP contribution in [0.3, 0.4) is 0 Å². The van der Waals surface area contributed by atoms with Crippen LogP contribution >= 0.6 is 12.4 Å². The van der Waals surface area contributed by atoms with E-state index in [0.29, 0.717) is 5.76 Å². The fraction of sp³-hybridized carbons (Fsp3) is 0.562. The molecule has 5 nitrogen and oxygen atoms in total. The van der Waals surface area contributed by atoms with Crippen LogP contribution in [0.2, 0.25) is 0 Å². The Labute approximate surface area is 137 Å². The minimum atomic E-state index is 0. The van der Waals surface area contributed by atoms with Gasteiger partial charge in [0.15, 0.2) is 5.76 Å². The summed E-state index contributed by atoms with van der Waals surface area (Å²) in [5.41, 5.74) is 0.982. The Balaban J connectivity index is 0.00000176. The maximum absolute atomic E-state index is 5.35. The highest BCUT2D eigenvalue weighted by atomic mass is 35.5. The Morgan fingerprint density at radius 3 is 2.82 bits per heavy atom. The molecule has 1 aliphatic rings. The molecule has 1 aliphatic heterocycles. The van der Waals surface area contributed by atoms with E-state index < -0.39 is 0 Å². The SMILES string of the molecule is CNCCC1CCN(Cc2cc(-c3ccco3)on2)CC1.Cl. The second-order valence-electron chi connectivity index (χ2n) is 5.77. The molecule has 6 heteroatoms. The summed E-state index contributed by atoms with van der Waals surface area (Å²) in [4.78, 5) is 2.46. The molecular formula is C16H24ClN3O2. The molecule has 0 aromatic carbocycles. The molecule has 1 N–H and O–H groups in total. The zero-order valence-corrected chi connectivity index (χ0v) is 13.8. The number of piperidine rings is 1. The lowest BCUT2D eigenvalue weighted by Gasteiger charge is -2.31. The van der Waals surface area contributed by atoms with E-state index in [1.165, 1.54) is 19.3 Å². The molecule has 122 valence electrons. The van der Waals surface area contributed by atoms with Crippen LogP contribution in [0.15, 0.2) is 33.4 Å². The van der Waals surface area contributed by atoms with Gasteiger partial charge in [-0.1, -0.05) is 5.16 Å². The highest BCUT2D eigenvalue weighted by Gasteiger charge is 2.20. The maximum atomic E-state index is 5.35. The van der Waals surface area contributed by atoms with E-state index in [9.17, 15) is 0 Å². The molecule has 3 heterocycles. The quantitative estimate of drug-likeness (QED) is 0.884. The van der Waals surface area contributed by atoms with Gasteiger partial charge in [-0.15, -0.1) is 12.4 Å². The predicted octanol–water partition coefficient (Wildman–Crippen LogP) is 3.18. The van der Waals surface area contributed by atoms with Gasteiger partial charge < -0.3 is 14.3 Å². The topological polar surface area (TPSA) is 54.4 Å². The van der Waals surface area contributed by atoms with Crippen molar-refractivity contribution in [2.45, 2.75) is 25.8 Å². The number of halogens is 1. The normalized spacial score (nSPS) is 16.6. The van der Waals surface area contributed by atoms with Gasteiger partial charge in [0, 0.05) is 12.6 Å². The molecule has 0 atom stereocenters. The third kappa shape index (κ3) is 4.35. The third-order valence-corrected chi connectivity index (χ3v) is 4.22. The number of furan rings is 1. The second-order valence-corrected chi connectivity index (χ2v) is 5.77. The van der Waals surface area contributed by atoms with E-state index in [2.05, 4.69) is 15.4 Å². The van der Waals surface area contributed by atoms with Gasteiger partial charge in [0.25, 0.3) is 0 Å². The van der Waals surface area contributed by atoms with Crippen molar-refractivity contribution in [2.75, 3.05) is 26.7 Å². The molecule has 3 rings (SSSR count). The summed E-state index contributed by atoms with van der Waals surface area (Å²) in [6.07, 6.45) is 5.50. The molecule has 0 saturated carbocycles. The summed E-state index contributed by atoms with van der Waals surface area (Å²) < 4.78 is 10.7. The van der Waals surface area contributed by atoms with Crippen molar-refractivity contribution < 1.29 is 8.94 Å². The largest absolute Gasteiger partial charge is 0.461 e. The lowest BCUT2D eigenvalue weighted by molar-refractivity contribution is 0.169. The van der Waals surface area contributed by atoms with Crippen LogP contribution in [0.4, 0.5) is 0 Å². The van der Waals surface area contributed by atoms with Crippen molar-refractivity contribution >= 4 is 12.4 Å². The van der Waals surface area contributed by atoms with Crippen LogP contribution in [0.1, 0.15) is 25.0 Å². The smallest absolute Gasteiger partial charge is 0.202 e. The summed E-state index contributed by atoms with van der Waals surface area (Å²) >= 11 is 0. The molecule has 0 radical (unpaired) electrons. The maximum Gasteiger partial charge on any atom is 0.202 e. The van der Waals surface area contributed by atoms with Gasteiger partial charge in [0.05, 0.1) is 12.0 Å². The molecule has 1 fully saturated rings. The van der Waals surface area contributed by atoms with Gasteiger partial charge in [-0.05, 0) is 64.0 Å². The van der Waals surface area contributed by atoms with Crippen molar-refractivity contribution in [3.63, 3.8) is 0 Å². The van der Waals surface area contributed by atoms with Crippen LogP contribution < -0.4 is 5.32 Å². The predicted molar refractivity (Wildman–Crippen MR) is 88.0 cm³/mol. The summed E-state index contributed by atoms with van der Waals surface area (Å²) in [5, 5.41) is 7.39. The number of hydrogen-bond acceptors (Lipinski definition) is 5. The molecule has 2 aromatic rings. The lowest BCUT2D eigenvalue weighted by atomic mass is 9.93. The van der Waals surface area contributed by atoms with Crippen molar-refractivity contribution in [3.8, 4) is 11.5 Å². The van der Waals surface area contributed by atoms with Crippen LogP contribution in [0.25, 0.3) is 11.5 Å². The molecule has 0 amide bonds. The number of hydrogen-bond donors (Lipinski definition) is 1. The standard InChI is InChI=1S/C16H23N3O2.ClH/c1-17-7-4-13-5-8-19(9-6-13)12-14-11-16(21-18-14)15-3-2-10-20-15;/h2-3,10-11,13,17H,4-9,12H2,1H3;1H. The van der Waals surface area contributed by atoms with Crippen LogP contribution in [-0.2, 0) is 6.54 Å². The summed E-state index contributed by atoms with van der Waals surface area (Å²) in [6.45, 7) is 4.29. The van der Waals surface area contributed by atoms with Gasteiger partial charge in [0.1, 0.15) is 0 Å². The molecule has 0 spiro atoms. The summed E-state index contributed by atoms with van der Waals surface area (Å²) in [6, 6.07) is 5.72. The fourth-order valence-corrected chi connectivity index (χ4v) is 2.93. The lowest BCUT2D eigenvalue weighted by Crippen LogP contribution is -2.34. The molecule has 0 bridgehead atoms. The Kier molecular flexibility index (Phi) is 6.49. The molecular weight excluding hydrogens is 302 g/mol. The van der Waals surface area contributed by atoms with Crippen LogP contribution in [-0.4, -0.2) is 36.7 Å². The van der Waals surface area contributed by atoms with E-state index in [4.69, 9.17) is 8.94 Å². The Morgan fingerprint density at radius 1 is 1.32 bits per heavy atom.